The third kappa shape index (κ3) is 1.65. The Morgan fingerprint density at radius 2 is 2.07 bits per heavy atom. The zero-order valence-corrected chi connectivity index (χ0v) is 8.78. The van der Waals surface area contributed by atoms with E-state index in [4.69, 9.17) is 0 Å². The maximum absolute atomic E-state index is 11.4. The number of aliphatic hydroxyl groups excluding tert-OH is 1. The zero-order valence-electron chi connectivity index (χ0n) is 8.78. The quantitative estimate of drug-likeness (QED) is 0.685. The van der Waals surface area contributed by atoms with Crippen LogP contribution in [-0.4, -0.2) is 34.6 Å². The largest absolute Gasteiger partial charge is 0.393 e. The third-order valence-electron chi connectivity index (χ3n) is 3.73. The van der Waals surface area contributed by atoms with Crippen LogP contribution in [0.4, 0.5) is 0 Å². The normalized spacial score (nSPS) is 37.9. The van der Waals surface area contributed by atoms with E-state index in [2.05, 4.69) is 0 Å². The molecule has 2 fully saturated rings. The molecule has 1 aliphatic carbocycles. The van der Waals surface area contributed by atoms with Crippen molar-refractivity contribution in [2.24, 2.45) is 5.92 Å². The van der Waals surface area contributed by atoms with Crippen LogP contribution in [0.5, 0.6) is 0 Å². The van der Waals surface area contributed by atoms with Gasteiger partial charge in [0.05, 0.1) is 6.10 Å². The summed E-state index contributed by atoms with van der Waals surface area (Å²) >= 11 is 0. The molecule has 3 nitrogen and oxygen atoms in total. The first-order chi connectivity index (χ1) is 6.70. The standard InChI is InChI=1S/C11H19NO2/c1-8(13)12-7-3-5-10(12)9-4-2-6-11(9)14/h9-11,14H,2-7H2,1H3. The second-order valence-corrected chi connectivity index (χ2v) is 4.58. The highest BCUT2D eigenvalue weighted by Gasteiger charge is 2.38. The summed E-state index contributed by atoms with van der Waals surface area (Å²) in [7, 11) is 0. The van der Waals surface area contributed by atoms with Crippen molar-refractivity contribution in [3.05, 3.63) is 0 Å². The summed E-state index contributed by atoms with van der Waals surface area (Å²) in [4.78, 5) is 13.3. The molecule has 3 unspecified atom stereocenters. The van der Waals surface area contributed by atoms with Gasteiger partial charge in [0.2, 0.25) is 5.91 Å². The molecule has 1 saturated carbocycles. The van der Waals surface area contributed by atoms with E-state index >= 15 is 0 Å². The SMILES string of the molecule is CC(=O)N1CCCC1C1CCCC1O. The van der Waals surface area contributed by atoms with Crippen molar-refractivity contribution in [3.8, 4) is 0 Å². The third-order valence-corrected chi connectivity index (χ3v) is 3.73. The molecule has 1 N–H and O–H groups in total. The van der Waals surface area contributed by atoms with E-state index in [1.54, 1.807) is 6.92 Å². The zero-order chi connectivity index (χ0) is 10.1. The van der Waals surface area contributed by atoms with Crippen LogP contribution < -0.4 is 0 Å². The van der Waals surface area contributed by atoms with Gasteiger partial charge >= 0.3 is 0 Å². The Hall–Kier alpha value is -0.570. The average Bonchev–Trinajstić information content (AvgIpc) is 2.70. The van der Waals surface area contributed by atoms with Crippen molar-refractivity contribution in [2.75, 3.05) is 6.54 Å². The van der Waals surface area contributed by atoms with Gasteiger partial charge in [0.15, 0.2) is 0 Å². The van der Waals surface area contributed by atoms with Crippen LogP contribution in [0.15, 0.2) is 0 Å². The Morgan fingerprint density at radius 1 is 1.29 bits per heavy atom. The summed E-state index contributed by atoms with van der Waals surface area (Å²) in [5.41, 5.74) is 0. The van der Waals surface area contributed by atoms with Crippen LogP contribution >= 0.6 is 0 Å². The summed E-state index contributed by atoms with van der Waals surface area (Å²) < 4.78 is 0. The molecular weight excluding hydrogens is 178 g/mol. The molecule has 2 rings (SSSR count). The fraction of sp³-hybridized carbons (Fsp3) is 0.909. The number of amides is 1. The molecule has 0 bridgehead atoms. The van der Waals surface area contributed by atoms with Gasteiger partial charge in [-0.2, -0.15) is 0 Å². The van der Waals surface area contributed by atoms with Crippen molar-refractivity contribution < 1.29 is 9.90 Å². The summed E-state index contributed by atoms with van der Waals surface area (Å²) in [5, 5.41) is 9.81. The fourth-order valence-electron chi connectivity index (χ4n) is 3.05. The van der Waals surface area contributed by atoms with Gasteiger partial charge < -0.3 is 10.0 Å². The van der Waals surface area contributed by atoms with Crippen molar-refractivity contribution >= 4 is 5.91 Å². The van der Waals surface area contributed by atoms with Gasteiger partial charge in [-0.1, -0.05) is 6.42 Å². The lowest BCUT2D eigenvalue weighted by atomic mass is 9.94. The second kappa shape index (κ2) is 3.89. The molecule has 2 aliphatic rings. The van der Waals surface area contributed by atoms with Gasteiger partial charge in [-0.05, 0) is 25.7 Å². The van der Waals surface area contributed by atoms with Crippen molar-refractivity contribution in [1.29, 1.82) is 0 Å². The van der Waals surface area contributed by atoms with Crippen LogP contribution in [0.2, 0.25) is 0 Å². The Morgan fingerprint density at radius 3 is 2.64 bits per heavy atom. The molecule has 3 heteroatoms. The van der Waals surface area contributed by atoms with Crippen molar-refractivity contribution in [2.45, 2.75) is 51.2 Å². The smallest absolute Gasteiger partial charge is 0.219 e. The highest BCUT2D eigenvalue weighted by Crippen LogP contribution is 2.35. The first kappa shape index (κ1) is 9.97. The van der Waals surface area contributed by atoms with Crippen molar-refractivity contribution in [3.63, 3.8) is 0 Å². The van der Waals surface area contributed by atoms with Crippen LogP contribution in [0, 0.1) is 5.92 Å². The van der Waals surface area contributed by atoms with Gasteiger partial charge in [0, 0.05) is 25.4 Å². The van der Waals surface area contributed by atoms with Gasteiger partial charge in [-0.3, -0.25) is 4.79 Å². The number of carbonyl (C=O) groups excluding carboxylic acids is 1. The molecular formula is C11H19NO2. The number of hydrogen-bond acceptors (Lipinski definition) is 2. The minimum Gasteiger partial charge on any atom is -0.393 e. The number of hydrogen-bond donors (Lipinski definition) is 1. The van der Waals surface area contributed by atoms with E-state index in [-0.39, 0.29) is 12.0 Å². The molecule has 1 amide bonds. The molecule has 0 aromatic carbocycles. The minimum absolute atomic E-state index is 0.167. The molecule has 3 atom stereocenters. The van der Waals surface area contributed by atoms with E-state index < -0.39 is 0 Å². The lowest BCUT2D eigenvalue weighted by Crippen LogP contribution is -2.41. The maximum Gasteiger partial charge on any atom is 0.219 e. The monoisotopic (exact) mass is 197 g/mol. The molecule has 1 aliphatic heterocycles. The van der Waals surface area contributed by atoms with Gasteiger partial charge in [0.25, 0.3) is 0 Å². The van der Waals surface area contributed by atoms with Gasteiger partial charge in [-0.15, -0.1) is 0 Å². The Labute approximate surface area is 85.1 Å². The highest BCUT2D eigenvalue weighted by atomic mass is 16.3. The predicted octanol–water partition coefficient (Wildman–Crippen LogP) is 1.16. The molecule has 0 aromatic rings. The van der Waals surface area contributed by atoms with E-state index in [1.165, 1.54) is 0 Å². The highest BCUT2D eigenvalue weighted by molar-refractivity contribution is 5.73. The van der Waals surface area contributed by atoms with Crippen molar-refractivity contribution in [1.82, 2.24) is 4.90 Å². The second-order valence-electron chi connectivity index (χ2n) is 4.58. The average molecular weight is 197 g/mol. The first-order valence-corrected chi connectivity index (χ1v) is 5.65. The molecule has 0 spiro atoms. The molecule has 1 heterocycles. The first-order valence-electron chi connectivity index (χ1n) is 5.65. The van der Waals surface area contributed by atoms with E-state index in [0.29, 0.717) is 12.0 Å². The summed E-state index contributed by atoms with van der Waals surface area (Å²) in [6.07, 6.45) is 5.16. The number of carbonyl (C=O) groups is 1. The minimum atomic E-state index is -0.167. The maximum atomic E-state index is 11.4. The number of nitrogens with zero attached hydrogens (tertiary/aromatic N) is 1. The summed E-state index contributed by atoms with van der Waals surface area (Å²) in [5.74, 6) is 0.521. The number of likely N-dealkylation sites (tertiary alicyclic amines) is 1. The van der Waals surface area contributed by atoms with Crippen LogP contribution in [0.1, 0.15) is 39.0 Å². The lowest BCUT2D eigenvalue weighted by molar-refractivity contribution is -0.131. The van der Waals surface area contributed by atoms with E-state index in [0.717, 1.165) is 38.6 Å². The van der Waals surface area contributed by atoms with Gasteiger partial charge in [0.1, 0.15) is 0 Å². The summed E-state index contributed by atoms with van der Waals surface area (Å²) in [6.45, 7) is 2.53. The van der Waals surface area contributed by atoms with Crippen LogP contribution in [0.25, 0.3) is 0 Å². The van der Waals surface area contributed by atoms with E-state index in [9.17, 15) is 9.90 Å². The van der Waals surface area contributed by atoms with Gasteiger partial charge in [-0.25, -0.2) is 0 Å². The molecule has 14 heavy (non-hydrogen) atoms. The van der Waals surface area contributed by atoms with Crippen LogP contribution in [-0.2, 0) is 4.79 Å². The lowest BCUT2D eigenvalue weighted by Gasteiger charge is -2.30. The molecule has 80 valence electrons. The molecule has 0 aromatic heterocycles. The Bertz CT molecular complexity index is 229. The topological polar surface area (TPSA) is 40.5 Å². The molecule has 1 saturated heterocycles. The summed E-state index contributed by atoms with van der Waals surface area (Å²) in [6, 6.07) is 0.324. The Balaban J connectivity index is 2.05. The Kier molecular flexibility index (Phi) is 2.77. The fourth-order valence-corrected chi connectivity index (χ4v) is 3.05. The molecule has 0 radical (unpaired) electrons. The number of rotatable bonds is 1. The van der Waals surface area contributed by atoms with Crippen LogP contribution in [0.3, 0.4) is 0 Å². The number of aliphatic hydroxyl groups is 1. The van der Waals surface area contributed by atoms with E-state index in [1.807, 2.05) is 4.90 Å². The predicted molar refractivity (Wildman–Crippen MR) is 53.8 cm³/mol.